The molecule has 0 saturated heterocycles. The van der Waals surface area contributed by atoms with Crippen LogP contribution in [0.25, 0.3) is 0 Å². The Bertz CT molecular complexity index is 260. The van der Waals surface area contributed by atoms with E-state index in [1.54, 1.807) is 0 Å². The van der Waals surface area contributed by atoms with E-state index in [-0.39, 0.29) is 17.4 Å². The van der Waals surface area contributed by atoms with Crippen LogP contribution in [0, 0.1) is 5.53 Å². The number of pyridine rings is 1. The highest BCUT2D eigenvalue weighted by molar-refractivity contribution is 5.49. The predicted molar refractivity (Wildman–Crippen MR) is 35.1 cm³/mol. The zero-order valence-corrected chi connectivity index (χ0v) is 5.07. The molecule has 52 valence electrons. The molecule has 5 nitrogen and oxygen atoms in total. The van der Waals surface area contributed by atoms with Gasteiger partial charge in [-0.15, -0.1) is 5.11 Å². The van der Waals surface area contributed by atoms with Gasteiger partial charge in [-0.2, -0.15) is 0 Å². The average Bonchev–Trinajstić information content (AvgIpc) is 1.95. The van der Waals surface area contributed by atoms with Crippen molar-refractivity contribution in [1.29, 1.82) is 5.53 Å². The third kappa shape index (κ3) is 1.02. The van der Waals surface area contributed by atoms with Gasteiger partial charge in [0.1, 0.15) is 0 Å². The molecule has 0 aliphatic carbocycles. The second-order valence-corrected chi connectivity index (χ2v) is 1.69. The van der Waals surface area contributed by atoms with E-state index in [4.69, 9.17) is 16.4 Å². The molecule has 0 amide bonds. The molecule has 1 aromatic rings. The minimum atomic E-state index is -0.0904. The van der Waals surface area contributed by atoms with Gasteiger partial charge in [-0.3, -0.25) is 0 Å². The second-order valence-electron chi connectivity index (χ2n) is 1.69. The summed E-state index contributed by atoms with van der Waals surface area (Å²) in [5.74, 6) is 0.0937. The fourth-order valence-electron chi connectivity index (χ4n) is 0.519. The van der Waals surface area contributed by atoms with E-state index in [9.17, 15) is 0 Å². The lowest BCUT2D eigenvalue weighted by Crippen LogP contribution is -1.88. The van der Waals surface area contributed by atoms with Crippen LogP contribution in [-0.4, -0.2) is 10.1 Å². The average molecular weight is 138 g/mol. The SMILES string of the molecule is N=Nc1ccc(O)c(N)n1. The van der Waals surface area contributed by atoms with Gasteiger partial charge in [0.25, 0.3) is 0 Å². The lowest BCUT2D eigenvalue weighted by molar-refractivity contribution is 0.476. The Balaban J connectivity index is 3.16. The molecule has 0 saturated carbocycles. The standard InChI is InChI=1S/C5H6N4O/c6-5-3(10)1-2-4(8-5)9-7/h1-2,7,10H,(H2,6,8). The first kappa shape index (κ1) is 6.47. The van der Waals surface area contributed by atoms with Gasteiger partial charge in [-0.05, 0) is 12.1 Å². The van der Waals surface area contributed by atoms with Crippen molar-refractivity contribution in [1.82, 2.24) is 4.98 Å². The Morgan fingerprint density at radius 1 is 1.60 bits per heavy atom. The van der Waals surface area contributed by atoms with Crippen LogP contribution >= 0.6 is 0 Å². The number of nitrogens with zero attached hydrogens (tertiary/aromatic N) is 2. The van der Waals surface area contributed by atoms with E-state index in [1.807, 2.05) is 0 Å². The lowest BCUT2D eigenvalue weighted by Gasteiger charge is -1.95. The summed E-state index contributed by atoms with van der Waals surface area (Å²) in [5, 5.41) is 11.9. The third-order valence-corrected chi connectivity index (χ3v) is 1.00. The molecule has 10 heavy (non-hydrogen) atoms. The molecule has 4 N–H and O–H groups in total. The number of nitrogens with one attached hydrogen (secondary N) is 1. The zero-order chi connectivity index (χ0) is 7.56. The predicted octanol–water partition coefficient (Wildman–Crippen LogP) is 1.03. The molecule has 0 aliphatic heterocycles. The van der Waals surface area contributed by atoms with Gasteiger partial charge in [0.05, 0.1) is 0 Å². The van der Waals surface area contributed by atoms with E-state index >= 15 is 0 Å². The van der Waals surface area contributed by atoms with Crippen LogP contribution in [0.3, 0.4) is 0 Å². The number of aromatic hydroxyl groups is 1. The van der Waals surface area contributed by atoms with Crippen LogP contribution < -0.4 is 5.73 Å². The molecule has 0 aliphatic rings. The maximum atomic E-state index is 8.85. The first-order valence-electron chi connectivity index (χ1n) is 2.57. The molecule has 0 fully saturated rings. The second kappa shape index (κ2) is 2.30. The molecule has 1 rings (SSSR count). The van der Waals surface area contributed by atoms with Gasteiger partial charge in [-0.25, -0.2) is 10.5 Å². The molecule has 5 heteroatoms. The molecule has 1 heterocycles. The van der Waals surface area contributed by atoms with Gasteiger partial charge >= 0.3 is 0 Å². The molecule has 0 spiro atoms. The molecule has 0 atom stereocenters. The third-order valence-electron chi connectivity index (χ3n) is 1.00. The summed E-state index contributed by atoms with van der Waals surface area (Å²) in [6.45, 7) is 0. The van der Waals surface area contributed by atoms with Gasteiger partial charge in [-0.1, -0.05) is 0 Å². The summed E-state index contributed by atoms with van der Waals surface area (Å²) >= 11 is 0. The molecular formula is C5H6N4O. The van der Waals surface area contributed by atoms with Gasteiger partial charge in [0.15, 0.2) is 17.4 Å². The van der Waals surface area contributed by atoms with Gasteiger partial charge in [0, 0.05) is 0 Å². The molecule has 0 aromatic carbocycles. The van der Waals surface area contributed by atoms with Crippen molar-refractivity contribution in [2.45, 2.75) is 0 Å². The fourth-order valence-corrected chi connectivity index (χ4v) is 0.519. The number of nitrogens with two attached hydrogens (primary N) is 1. The van der Waals surface area contributed by atoms with Crippen LogP contribution in [0.5, 0.6) is 5.75 Å². The summed E-state index contributed by atoms with van der Waals surface area (Å²) in [5.41, 5.74) is 11.7. The molecule has 0 bridgehead atoms. The van der Waals surface area contributed by atoms with Crippen molar-refractivity contribution < 1.29 is 5.11 Å². The van der Waals surface area contributed by atoms with Crippen LogP contribution in [-0.2, 0) is 0 Å². The highest BCUT2D eigenvalue weighted by atomic mass is 16.3. The number of anilines is 1. The van der Waals surface area contributed by atoms with Crippen molar-refractivity contribution in [3.05, 3.63) is 12.1 Å². The lowest BCUT2D eigenvalue weighted by atomic mass is 10.4. The van der Waals surface area contributed by atoms with Gasteiger partial charge < -0.3 is 10.8 Å². The van der Waals surface area contributed by atoms with Crippen molar-refractivity contribution in [3.8, 4) is 5.75 Å². The van der Waals surface area contributed by atoms with Crippen molar-refractivity contribution in [2.24, 2.45) is 5.11 Å². The smallest absolute Gasteiger partial charge is 0.176 e. The fraction of sp³-hybridized carbons (Fsp3) is 0. The van der Waals surface area contributed by atoms with Crippen molar-refractivity contribution in [3.63, 3.8) is 0 Å². The quantitative estimate of drug-likeness (QED) is 0.505. The van der Waals surface area contributed by atoms with Crippen LogP contribution in [0.4, 0.5) is 11.6 Å². The minimum absolute atomic E-state index is 0.00602. The first-order chi connectivity index (χ1) is 4.74. The molecule has 0 radical (unpaired) electrons. The van der Waals surface area contributed by atoms with Crippen LogP contribution in [0.15, 0.2) is 17.2 Å². The molecular weight excluding hydrogens is 132 g/mol. The van der Waals surface area contributed by atoms with Crippen LogP contribution in [0.1, 0.15) is 0 Å². The number of aromatic nitrogens is 1. The summed E-state index contributed by atoms with van der Waals surface area (Å²) in [7, 11) is 0. The Kier molecular flexibility index (Phi) is 1.49. The monoisotopic (exact) mass is 138 g/mol. The summed E-state index contributed by atoms with van der Waals surface area (Å²) < 4.78 is 0. The van der Waals surface area contributed by atoms with Gasteiger partial charge in [0.2, 0.25) is 0 Å². The van der Waals surface area contributed by atoms with E-state index in [1.165, 1.54) is 12.1 Å². The Hall–Kier alpha value is -1.65. The van der Waals surface area contributed by atoms with E-state index in [0.29, 0.717) is 0 Å². The van der Waals surface area contributed by atoms with E-state index < -0.39 is 0 Å². The maximum absolute atomic E-state index is 8.85. The topological polar surface area (TPSA) is 95.3 Å². The minimum Gasteiger partial charge on any atom is -0.504 e. The normalized spacial score (nSPS) is 9.20. The molecule has 1 aromatic heterocycles. The van der Waals surface area contributed by atoms with Crippen molar-refractivity contribution in [2.75, 3.05) is 5.73 Å². The summed E-state index contributed by atoms with van der Waals surface area (Å²) in [6.07, 6.45) is 0. The highest BCUT2D eigenvalue weighted by Gasteiger charge is 1.97. The Morgan fingerprint density at radius 3 is 2.80 bits per heavy atom. The number of rotatable bonds is 1. The van der Waals surface area contributed by atoms with Crippen LogP contribution in [0.2, 0.25) is 0 Å². The Labute approximate surface area is 57.0 Å². The largest absolute Gasteiger partial charge is 0.504 e. The Morgan fingerprint density at radius 2 is 2.30 bits per heavy atom. The molecule has 0 unspecified atom stereocenters. The summed E-state index contributed by atoms with van der Waals surface area (Å²) in [6, 6.07) is 2.74. The maximum Gasteiger partial charge on any atom is 0.176 e. The first-order valence-corrected chi connectivity index (χ1v) is 2.57. The number of hydrogen-bond donors (Lipinski definition) is 3. The van der Waals surface area contributed by atoms with E-state index in [2.05, 4.69) is 10.1 Å². The zero-order valence-electron chi connectivity index (χ0n) is 5.07. The van der Waals surface area contributed by atoms with Crippen molar-refractivity contribution >= 4 is 11.6 Å². The number of hydrogen-bond acceptors (Lipinski definition) is 5. The highest BCUT2D eigenvalue weighted by Crippen LogP contribution is 2.19. The summed E-state index contributed by atoms with van der Waals surface area (Å²) in [4.78, 5) is 3.56. The van der Waals surface area contributed by atoms with E-state index in [0.717, 1.165) is 0 Å². The number of nitrogen functional groups attached to an aromatic ring is 1.